The summed E-state index contributed by atoms with van der Waals surface area (Å²) in [6.07, 6.45) is 0. The van der Waals surface area contributed by atoms with Gasteiger partial charge in [0, 0.05) is 20.1 Å². The molecule has 6 heteroatoms. The number of thiophene rings is 1. The van der Waals surface area contributed by atoms with Gasteiger partial charge in [0.05, 0.1) is 27.2 Å². The van der Waals surface area contributed by atoms with Crippen molar-refractivity contribution in [1.82, 2.24) is 19.7 Å². The molecular formula is C19H22N4OS. The molecule has 5 nitrogen and oxygen atoms in total. The molecule has 0 unspecified atom stereocenters. The molecular weight excluding hydrogens is 332 g/mol. The van der Waals surface area contributed by atoms with Gasteiger partial charge in [-0.2, -0.15) is 5.10 Å². The van der Waals surface area contributed by atoms with Crippen LogP contribution in [0.2, 0.25) is 0 Å². The number of likely N-dealkylation sites (N-methyl/N-ethyl adjacent to an activating group) is 1. The normalized spacial score (nSPS) is 11.0. The van der Waals surface area contributed by atoms with Crippen molar-refractivity contribution in [2.45, 2.75) is 20.8 Å². The average Bonchev–Trinajstić information content (AvgIpc) is 3.20. The van der Waals surface area contributed by atoms with E-state index >= 15 is 0 Å². The summed E-state index contributed by atoms with van der Waals surface area (Å²) in [6.45, 7) is 11.0. The zero-order chi connectivity index (χ0) is 18.1. The molecule has 0 spiro atoms. The van der Waals surface area contributed by atoms with Crippen LogP contribution in [-0.2, 0) is 7.05 Å². The molecule has 0 fully saturated rings. The minimum Gasteiger partial charge on any atom is -0.335 e. The van der Waals surface area contributed by atoms with Crippen LogP contribution in [0.3, 0.4) is 0 Å². The molecule has 0 atom stereocenters. The van der Waals surface area contributed by atoms with Gasteiger partial charge in [0.2, 0.25) is 0 Å². The van der Waals surface area contributed by atoms with Gasteiger partial charge in [0.1, 0.15) is 0 Å². The topological polar surface area (TPSA) is 51.0 Å². The maximum atomic E-state index is 13.2. The molecule has 0 N–H and O–H groups in total. The minimum absolute atomic E-state index is 0.00759. The first-order chi connectivity index (χ1) is 11.9. The van der Waals surface area contributed by atoms with Crippen LogP contribution in [0.25, 0.3) is 21.6 Å². The van der Waals surface area contributed by atoms with E-state index in [4.69, 9.17) is 4.98 Å². The lowest BCUT2D eigenvalue weighted by Crippen LogP contribution is -2.32. The van der Waals surface area contributed by atoms with E-state index in [1.807, 2.05) is 56.3 Å². The molecule has 130 valence electrons. The highest BCUT2D eigenvalue weighted by Gasteiger charge is 2.22. The first kappa shape index (κ1) is 17.4. The third kappa shape index (κ3) is 3.22. The maximum Gasteiger partial charge on any atom is 0.255 e. The average molecular weight is 354 g/mol. The minimum atomic E-state index is -0.00759. The second-order valence-electron chi connectivity index (χ2n) is 6.22. The van der Waals surface area contributed by atoms with Crippen molar-refractivity contribution in [1.29, 1.82) is 0 Å². The number of hydrogen-bond acceptors (Lipinski definition) is 4. The number of nitrogens with zero attached hydrogens (tertiary/aromatic N) is 4. The van der Waals surface area contributed by atoms with Gasteiger partial charge in [-0.25, -0.2) is 4.98 Å². The standard InChI is InChI=1S/C19H22N4OS/c1-6-23(11-12(2)3)19(24)14-10-15(16-8-7-9-25-16)20-18-17(14)13(4)21-22(18)5/h7-10H,2,6,11H2,1,3-5H3. The van der Waals surface area contributed by atoms with E-state index in [9.17, 15) is 4.79 Å². The van der Waals surface area contributed by atoms with Crippen molar-refractivity contribution < 1.29 is 4.79 Å². The van der Waals surface area contributed by atoms with Gasteiger partial charge < -0.3 is 4.90 Å². The Balaban J connectivity index is 2.21. The number of rotatable bonds is 5. The summed E-state index contributed by atoms with van der Waals surface area (Å²) in [5.74, 6) is -0.00759. The fourth-order valence-corrected chi connectivity index (χ4v) is 3.67. The molecule has 25 heavy (non-hydrogen) atoms. The van der Waals surface area contributed by atoms with E-state index in [2.05, 4.69) is 11.7 Å². The van der Waals surface area contributed by atoms with Crippen molar-refractivity contribution in [3.63, 3.8) is 0 Å². The second kappa shape index (κ2) is 6.80. The van der Waals surface area contributed by atoms with Crippen LogP contribution in [0.4, 0.5) is 0 Å². The Bertz CT molecular complexity index is 940. The Morgan fingerprint density at radius 2 is 2.20 bits per heavy atom. The summed E-state index contributed by atoms with van der Waals surface area (Å²) in [7, 11) is 1.86. The number of aryl methyl sites for hydroxylation is 2. The van der Waals surface area contributed by atoms with Gasteiger partial charge in [0.15, 0.2) is 5.65 Å². The quantitative estimate of drug-likeness (QED) is 0.650. The highest BCUT2D eigenvalue weighted by molar-refractivity contribution is 7.13. The van der Waals surface area contributed by atoms with Crippen LogP contribution in [0.15, 0.2) is 35.7 Å². The highest BCUT2D eigenvalue weighted by atomic mass is 32.1. The summed E-state index contributed by atoms with van der Waals surface area (Å²) >= 11 is 1.61. The number of carbonyl (C=O) groups excluding carboxylic acids is 1. The van der Waals surface area contributed by atoms with Crippen molar-refractivity contribution in [2.24, 2.45) is 7.05 Å². The molecule has 0 aromatic carbocycles. The van der Waals surface area contributed by atoms with Crippen LogP contribution >= 0.6 is 11.3 Å². The van der Waals surface area contributed by atoms with Gasteiger partial charge in [-0.3, -0.25) is 9.48 Å². The van der Waals surface area contributed by atoms with Crippen molar-refractivity contribution >= 4 is 28.3 Å². The fourth-order valence-electron chi connectivity index (χ4n) is 2.99. The van der Waals surface area contributed by atoms with Gasteiger partial charge in [-0.1, -0.05) is 18.2 Å². The lowest BCUT2D eigenvalue weighted by molar-refractivity contribution is 0.0780. The van der Waals surface area contributed by atoms with Crippen molar-refractivity contribution in [3.8, 4) is 10.6 Å². The molecule has 0 radical (unpaired) electrons. The van der Waals surface area contributed by atoms with Crippen LogP contribution in [0.5, 0.6) is 0 Å². The van der Waals surface area contributed by atoms with Gasteiger partial charge in [0.25, 0.3) is 5.91 Å². The molecule has 0 bridgehead atoms. The molecule has 0 saturated heterocycles. The first-order valence-corrected chi connectivity index (χ1v) is 9.12. The van der Waals surface area contributed by atoms with Crippen LogP contribution in [0.1, 0.15) is 29.9 Å². The number of carbonyl (C=O) groups is 1. The summed E-state index contributed by atoms with van der Waals surface area (Å²) in [5.41, 5.74) is 3.97. The molecule has 0 aliphatic rings. The zero-order valence-corrected chi connectivity index (χ0v) is 15.9. The smallest absolute Gasteiger partial charge is 0.255 e. The van der Waals surface area contributed by atoms with E-state index in [-0.39, 0.29) is 5.91 Å². The summed E-state index contributed by atoms with van der Waals surface area (Å²) < 4.78 is 1.74. The van der Waals surface area contributed by atoms with Crippen molar-refractivity contribution in [2.75, 3.05) is 13.1 Å². The molecule has 3 rings (SSSR count). The van der Waals surface area contributed by atoms with E-state index in [1.165, 1.54) is 0 Å². The Morgan fingerprint density at radius 1 is 1.44 bits per heavy atom. The molecule has 3 aromatic rings. The van der Waals surface area contributed by atoms with Crippen LogP contribution in [-0.4, -0.2) is 38.7 Å². The van der Waals surface area contributed by atoms with E-state index in [0.717, 1.165) is 32.9 Å². The van der Waals surface area contributed by atoms with Gasteiger partial charge >= 0.3 is 0 Å². The SMILES string of the molecule is C=C(C)CN(CC)C(=O)c1cc(-c2cccs2)nc2c1c(C)nn2C. The largest absolute Gasteiger partial charge is 0.335 e. The molecule has 0 aliphatic carbocycles. The maximum absolute atomic E-state index is 13.2. The summed E-state index contributed by atoms with van der Waals surface area (Å²) in [6, 6.07) is 5.90. The Hall–Kier alpha value is -2.47. The van der Waals surface area contributed by atoms with E-state index in [1.54, 1.807) is 16.0 Å². The van der Waals surface area contributed by atoms with Gasteiger partial charge in [-0.05, 0) is 38.3 Å². The highest BCUT2D eigenvalue weighted by Crippen LogP contribution is 2.30. The van der Waals surface area contributed by atoms with E-state index < -0.39 is 0 Å². The second-order valence-corrected chi connectivity index (χ2v) is 7.16. The lowest BCUT2D eigenvalue weighted by atomic mass is 10.1. The third-order valence-corrected chi connectivity index (χ3v) is 4.99. The van der Waals surface area contributed by atoms with Crippen LogP contribution in [0, 0.1) is 6.92 Å². The molecule has 0 saturated carbocycles. The van der Waals surface area contributed by atoms with Crippen LogP contribution < -0.4 is 0 Å². The molecule has 1 amide bonds. The number of pyridine rings is 1. The predicted molar refractivity (Wildman–Crippen MR) is 103 cm³/mol. The monoisotopic (exact) mass is 354 g/mol. The predicted octanol–water partition coefficient (Wildman–Crippen LogP) is 4.04. The molecule has 3 aromatic heterocycles. The zero-order valence-electron chi connectivity index (χ0n) is 15.0. The Morgan fingerprint density at radius 3 is 2.80 bits per heavy atom. The summed E-state index contributed by atoms with van der Waals surface area (Å²) in [4.78, 5) is 20.8. The number of aromatic nitrogens is 3. The Kier molecular flexibility index (Phi) is 4.72. The third-order valence-electron chi connectivity index (χ3n) is 4.10. The first-order valence-electron chi connectivity index (χ1n) is 8.24. The Labute approximate surface area is 151 Å². The van der Waals surface area contributed by atoms with Crippen molar-refractivity contribution in [3.05, 3.63) is 47.0 Å². The number of amides is 1. The number of hydrogen-bond donors (Lipinski definition) is 0. The van der Waals surface area contributed by atoms with E-state index in [0.29, 0.717) is 18.7 Å². The number of fused-ring (bicyclic) bond motifs is 1. The summed E-state index contributed by atoms with van der Waals surface area (Å²) in [5, 5.41) is 7.31. The lowest BCUT2D eigenvalue weighted by Gasteiger charge is -2.21. The van der Waals surface area contributed by atoms with Gasteiger partial charge in [-0.15, -0.1) is 11.3 Å². The molecule has 0 aliphatic heterocycles. The molecule has 3 heterocycles. The fraction of sp³-hybridized carbons (Fsp3) is 0.316.